The first-order valence-corrected chi connectivity index (χ1v) is 10.1. The Morgan fingerprint density at radius 1 is 1.25 bits per heavy atom. The van der Waals surface area contributed by atoms with Gasteiger partial charge in [0, 0.05) is 38.6 Å². The van der Waals surface area contributed by atoms with Crippen molar-refractivity contribution in [2.24, 2.45) is 5.92 Å². The number of benzene rings is 1. The van der Waals surface area contributed by atoms with Gasteiger partial charge in [0.1, 0.15) is 0 Å². The van der Waals surface area contributed by atoms with E-state index in [0.717, 1.165) is 49.4 Å². The molecule has 1 N–H and O–H groups in total. The Bertz CT molecular complexity index is 937. The van der Waals surface area contributed by atoms with E-state index in [1.807, 2.05) is 18.2 Å². The van der Waals surface area contributed by atoms with E-state index >= 15 is 0 Å². The summed E-state index contributed by atoms with van der Waals surface area (Å²) in [6, 6.07) is 12.2. The fourth-order valence-corrected chi connectivity index (χ4v) is 3.96. The fraction of sp³-hybridized carbons (Fsp3) is 0.409. The van der Waals surface area contributed by atoms with Crippen LogP contribution < -0.4 is 10.2 Å². The van der Waals surface area contributed by atoms with Gasteiger partial charge in [-0.2, -0.15) is 0 Å². The van der Waals surface area contributed by atoms with Gasteiger partial charge in [0.15, 0.2) is 0 Å². The quantitative estimate of drug-likeness (QED) is 0.715. The van der Waals surface area contributed by atoms with E-state index < -0.39 is 0 Å². The second kappa shape index (κ2) is 8.42. The van der Waals surface area contributed by atoms with Crippen LogP contribution in [-0.2, 0) is 17.9 Å². The fourth-order valence-electron chi connectivity index (χ4n) is 3.96. The Labute approximate surface area is 165 Å². The number of rotatable bonds is 6. The van der Waals surface area contributed by atoms with Gasteiger partial charge in [0.2, 0.25) is 11.9 Å². The molecule has 4 rings (SSSR count). The maximum atomic E-state index is 12.7. The number of para-hydroxylation sites is 2. The van der Waals surface area contributed by atoms with Crippen LogP contribution in [0.25, 0.3) is 11.0 Å². The highest BCUT2D eigenvalue weighted by atomic mass is 16.1. The van der Waals surface area contributed by atoms with E-state index in [9.17, 15) is 4.79 Å². The van der Waals surface area contributed by atoms with E-state index in [1.54, 1.807) is 12.4 Å². The number of aromatic nitrogens is 3. The number of hydrogen-bond donors (Lipinski definition) is 1. The lowest BCUT2D eigenvalue weighted by Crippen LogP contribution is -2.43. The molecule has 3 heterocycles. The average molecular weight is 377 g/mol. The molecule has 1 aliphatic rings. The number of piperidine rings is 1. The summed E-state index contributed by atoms with van der Waals surface area (Å²) in [5.41, 5.74) is 3.21. The van der Waals surface area contributed by atoms with Crippen molar-refractivity contribution in [3.05, 3.63) is 54.4 Å². The summed E-state index contributed by atoms with van der Waals surface area (Å²) in [6.07, 6.45) is 6.51. The highest BCUT2D eigenvalue weighted by Gasteiger charge is 2.28. The molecular formula is C22H27N5O. The molecule has 0 bridgehead atoms. The van der Waals surface area contributed by atoms with Crippen LogP contribution in [0.3, 0.4) is 0 Å². The Morgan fingerprint density at radius 2 is 2.14 bits per heavy atom. The molecule has 1 amide bonds. The van der Waals surface area contributed by atoms with Crippen LogP contribution in [0, 0.1) is 5.92 Å². The number of amides is 1. The molecular weight excluding hydrogens is 350 g/mol. The Morgan fingerprint density at radius 3 is 2.96 bits per heavy atom. The van der Waals surface area contributed by atoms with Gasteiger partial charge in [0.05, 0.1) is 17.0 Å². The molecule has 1 atom stereocenters. The minimum atomic E-state index is -0.0136. The number of fused-ring (bicyclic) bond motifs is 1. The van der Waals surface area contributed by atoms with E-state index in [0.29, 0.717) is 13.1 Å². The molecule has 6 nitrogen and oxygen atoms in total. The van der Waals surface area contributed by atoms with Gasteiger partial charge < -0.3 is 14.8 Å². The molecule has 28 heavy (non-hydrogen) atoms. The number of imidazole rings is 1. The molecule has 0 radical (unpaired) electrons. The van der Waals surface area contributed by atoms with Gasteiger partial charge in [-0.1, -0.05) is 25.1 Å². The van der Waals surface area contributed by atoms with Crippen LogP contribution in [0.5, 0.6) is 0 Å². The van der Waals surface area contributed by atoms with Crippen molar-refractivity contribution in [3.8, 4) is 0 Å². The molecule has 2 aromatic heterocycles. The van der Waals surface area contributed by atoms with Crippen LogP contribution in [0.1, 0.15) is 31.7 Å². The van der Waals surface area contributed by atoms with Crippen molar-refractivity contribution in [3.63, 3.8) is 0 Å². The molecule has 0 saturated carbocycles. The van der Waals surface area contributed by atoms with E-state index in [1.165, 1.54) is 5.52 Å². The molecule has 1 aliphatic heterocycles. The summed E-state index contributed by atoms with van der Waals surface area (Å²) >= 11 is 0. The molecule has 3 aromatic rings. The highest BCUT2D eigenvalue weighted by molar-refractivity contribution is 5.81. The minimum absolute atomic E-state index is 0.0136. The summed E-state index contributed by atoms with van der Waals surface area (Å²) in [5, 5.41) is 3.07. The second-order valence-corrected chi connectivity index (χ2v) is 7.42. The van der Waals surface area contributed by atoms with E-state index in [4.69, 9.17) is 4.98 Å². The van der Waals surface area contributed by atoms with Crippen LogP contribution in [-0.4, -0.2) is 33.5 Å². The third kappa shape index (κ3) is 3.86. The number of anilines is 1. The average Bonchev–Trinajstić information content (AvgIpc) is 3.12. The number of carbonyl (C=O) groups is 1. The number of nitrogens with one attached hydrogen (secondary N) is 1. The van der Waals surface area contributed by atoms with Crippen molar-refractivity contribution < 1.29 is 4.79 Å². The zero-order valence-corrected chi connectivity index (χ0v) is 16.3. The lowest BCUT2D eigenvalue weighted by molar-refractivity contribution is -0.125. The number of hydrogen-bond acceptors (Lipinski definition) is 4. The molecule has 146 valence electrons. The lowest BCUT2D eigenvalue weighted by Gasteiger charge is -2.33. The summed E-state index contributed by atoms with van der Waals surface area (Å²) in [7, 11) is 0. The van der Waals surface area contributed by atoms with Crippen LogP contribution in [0.2, 0.25) is 0 Å². The maximum absolute atomic E-state index is 12.7. The van der Waals surface area contributed by atoms with Gasteiger partial charge in [-0.3, -0.25) is 9.78 Å². The summed E-state index contributed by atoms with van der Waals surface area (Å²) in [4.78, 5) is 24.0. The van der Waals surface area contributed by atoms with E-state index in [2.05, 4.69) is 44.9 Å². The molecule has 1 saturated heterocycles. The smallest absolute Gasteiger partial charge is 0.225 e. The molecule has 1 fully saturated rings. The van der Waals surface area contributed by atoms with Crippen molar-refractivity contribution >= 4 is 22.9 Å². The van der Waals surface area contributed by atoms with Crippen molar-refractivity contribution in [1.29, 1.82) is 0 Å². The maximum Gasteiger partial charge on any atom is 0.225 e. The number of pyridine rings is 1. The van der Waals surface area contributed by atoms with Crippen molar-refractivity contribution in [1.82, 2.24) is 19.9 Å². The number of aryl methyl sites for hydroxylation is 1. The van der Waals surface area contributed by atoms with Crippen LogP contribution in [0.4, 0.5) is 5.95 Å². The second-order valence-electron chi connectivity index (χ2n) is 7.42. The van der Waals surface area contributed by atoms with Crippen LogP contribution >= 0.6 is 0 Å². The van der Waals surface area contributed by atoms with Crippen molar-refractivity contribution in [2.45, 2.75) is 39.3 Å². The Balaban J connectivity index is 1.48. The normalized spacial score (nSPS) is 17.0. The third-order valence-electron chi connectivity index (χ3n) is 5.35. The molecule has 0 spiro atoms. The van der Waals surface area contributed by atoms with Gasteiger partial charge in [-0.25, -0.2) is 4.98 Å². The zero-order valence-electron chi connectivity index (χ0n) is 16.3. The molecule has 6 heteroatoms. The Kier molecular flexibility index (Phi) is 5.55. The number of carbonyl (C=O) groups excluding carboxylic acids is 1. The van der Waals surface area contributed by atoms with Gasteiger partial charge in [0.25, 0.3) is 0 Å². The summed E-state index contributed by atoms with van der Waals surface area (Å²) in [5.74, 6) is 1.10. The lowest BCUT2D eigenvalue weighted by atomic mass is 9.97. The topological polar surface area (TPSA) is 63.1 Å². The largest absolute Gasteiger partial charge is 0.352 e. The first kappa shape index (κ1) is 18.5. The SMILES string of the molecule is CCCn1c(N2CCCC(C(=O)NCc3cccnc3)C2)nc2ccccc21. The zero-order chi connectivity index (χ0) is 19.3. The predicted octanol–water partition coefficient (Wildman–Crippen LogP) is 3.37. The highest BCUT2D eigenvalue weighted by Crippen LogP contribution is 2.27. The third-order valence-corrected chi connectivity index (χ3v) is 5.35. The van der Waals surface area contributed by atoms with Crippen LogP contribution in [0.15, 0.2) is 48.8 Å². The molecule has 0 aliphatic carbocycles. The molecule has 1 aromatic carbocycles. The summed E-state index contributed by atoms with van der Waals surface area (Å²) in [6.45, 7) is 5.30. The Hall–Kier alpha value is -2.89. The first-order valence-electron chi connectivity index (χ1n) is 10.1. The van der Waals surface area contributed by atoms with Gasteiger partial charge >= 0.3 is 0 Å². The summed E-state index contributed by atoms with van der Waals surface area (Å²) < 4.78 is 2.30. The standard InChI is InChI=1S/C22H27N5O/c1-2-12-27-20-10-4-3-9-19(20)25-22(27)26-13-6-8-18(16-26)21(28)24-15-17-7-5-11-23-14-17/h3-5,7,9-11,14,18H,2,6,8,12-13,15-16H2,1H3,(H,24,28). The van der Waals surface area contributed by atoms with E-state index in [-0.39, 0.29) is 11.8 Å². The first-order chi connectivity index (χ1) is 13.8. The van der Waals surface area contributed by atoms with Gasteiger partial charge in [-0.15, -0.1) is 0 Å². The predicted molar refractivity (Wildman–Crippen MR) is 111 cm³/mol. The monoisotopic (exact) mass is 377 g/mol. The molecule has 1 unspecified atom stereocenters. The number of nitrogens with zero attached hydrogens (tertiary/aromatic N) is 4. The minimum Gasteiger partial charge on any atom is -0.352 e. The van der Waals surface area contributed by atoms with Crippen molar-refractivity contribution in [2.75, 3.05) is 18.0 Å². The van der Waals surface area contributed by atoms with Gasteiger partial charge in [-0.05, 0) is 43.0 Å².